The van der Waals surface area contributed by atoms with Gasteiger partial charge in [-0.1, -0.05) is 0 Å². The van der Waals surface area contributed by atoms with E-state index in [9.17, 15) is 13.6 Å². The quantitative estimate of drug-likeness (QED) is 0.718. The summed E-state index contributed by atoms with van der Waals surface area (Å²) in [6.07, 6.45) is 7.69. The standard InChI is InChI=1S/C21H22F2N4O/c1-12-10-25-18-9-15(20(28)27-19(18)26-12)13-3-5-14(6-4-13)16-11-24-8-7-17(16)21(2,22)23/h7-11,13-14H,3-6H2,1-2H3,(H,26,27,28). The molecule has 3 aromatic heterocycles. The van der Waals surface area contributed by atoms with Crippen LogP contribution in [-0.4, -0.2) is 19.9 Å². The van der Waals surface area contributed by atoms with Crippen molar-refractivity contribution < 1.29 is 8.78 Å². The van der Waals surface area contributed by atoms with Gasteiger partial charge in [-0.2, -0.15) is 0 Å². The highest BCUT2D eigenvalue weighted by molar-refractivity contribution is 5.70. The Morgan fingerprint density at radius 1 is 1.11 bits per heavy atom. The average Bonchev–Trinajstić information content (AvgIpc) is 2.67. The Morgan fingerprint density at radius 3 is 2.46 bits per heavy atom. The number of rotatable bonds is 3. The summed E-state index contributed by atoms with van der Waals surface area (Å²) in [4.78, 5) is 28.1. The number of hydrogen-bond donors (Lipinski definition) is 1. The van der Waals surface area contributed by atoms with E-state index in [0.717, 1.165) is 38.3 Å². The number of hydrogen-bond acceptors (Lipinski definition) is 4. The molecule has 1 fully saturated rings. The number of aromatic nitrogens is 4. The van der Waals surface area contributed by atoms with Crippen molar-refractivity contribution in [2.75, 3.05) is 0 Å². The normalized spacial score (nSPS) is 20.4. The van der Waals surface area contributed by atoms with Gasteiger partial charge in [-0.3, -0.25) is 14.8 Å². The molecule has 3 aromatic rings. The molecule has 7 heteroatoms. The number of fused-ring (bicyclic) bond motifs is 1. The molecule has 1 aliphatic rings. The Balaban J connectivity index is 1.57. The van der Waals surface area contributed by atoms with Gasteiger partial charge in [0.1, 0.15) is 5.52 Å². The van der Waals surface area contributed by atoms with Crippen LogP contribution in [0.1, 0.15) is 66.8 Å². The topological polar surface area (TPSA) is 71.5 Å². The van der Waals surface area contributed by atoms with Crippen LogP contribution in [0.3, 0.4) is 0 Å². The van der Waals surface area contributed by atoms with Crippen LogP contribution in [0.25, 0.3) is 11.2 Å². The summed E-state index contributed by atoms with van der Waals surface area (Å²) in [6.45, 7) is 2.75. The number of halogens is 2. The van der Waals surface area contributed by atoms with Crippen molar-refractivity contribution in [2.45, 2.75) is 57.3 Å². The lowest BCUT2D eigenvalue weighted by Gasteiger charge is -2.30. The van der Waals surface area contributed by atoms with Crippen LogP contribution in [0.4, 0.5) is 8.78 Å². The van der Waals surface area contributed by atoms with Crippen LogP contribution >= 0.6 is 0 Å². The van der Waals surface area contributed by atoms with E-state index in [1.165, 1.54) is 12.3 Å². The summed E-state index contributed by atoms with van der Waals surface area (Å²) in [5.74, 6) is -2.76. The molecule has 0 radical (unpaired) electrons. The summed E-state index contributed by atoms with van der Waals surface area (Å²) in [7, 11) is 0. The maximum atomic E-state index is 14.0. The van der Waals surface area contributed by atoms with Crippen molar-refractivity contribution in [1.82, 2.24) is 19.9 Å². The minimum atomic E-state index is -2.89. The van der Waals surface area contributed by atoms with Gasteiger partial charge in [0.25, 0.3) is 11.5 Å². The van der Waals surface area contributed by atoms with Crippen molar-refractivity contribution in [3.05, 3.63) is 63.5 Å². The maximum absolute atomic E-state index is 14.0. The lowest BCUT2D eigenvalue weighted by atomic mass is 9.75. The van der Waals surface area contributed by atoms with Gasteiger partial charge in [-0.25, -0.2) is 13.8 Å². The van der Waals surface area contributed by atoms with Gasteiger partial charge >= 0.3 is 0 Å². The van der Waals surface area contributed by atoms with Crippen LogP contribution in [0.15, 0.2) is 35.5 Å². The largest absolute Gasteiger partial charge is 0.305 e. The minimum absolute atomic E-state index is 0.0350. The first kappa shape index (κ1) is 18.7. The van der Waals surface area contributed by atoms with Crippen molar-refractivity contribution in [3.63, 3.8) is 0 Å². The van der Waals surface area contributed by atoms with E-state index in [1.54, 1.807) is 12.4 Å². The number of aromatic amines is 1. The Bertz CT molecular complexity index is 1070. The van der Waals surface area contributed by atoms with E-state index >= 15 is 0 Å². The molecular formula is C21H22F2N4O. The number of aryl methyl sites for hydroxylation is 1. The fraction of sp³-hybridized carbons (Fsp3) is 0.429. The predicted octanol–water partition coefficient (Wildman–Crippen LogP) is 4.57. The highest BCUT2D eigenvalue weighted by atomic mass is 19.3. The lowest BCUT2D eigenvalue weighted by Crippen LogP contribution is -2.22. The smallest absolute Gasteiger partial charge is 0.270 e. The second-order valence-electron chi connectivity index (χ2n) is 7.70. The van der Waals surface area contributed by atoms with Crippen LogP contribution in [0.2, 0.25) is 0 Å². The molecule has 0 spiro atoms. The summed E-state index contributed by atoms with van der Waals surface area (Å²) in [5.41, 5.74) is 3.16. The SMILES string of the molecule is Cc1cnc2cc(C3CCC(c4cnccc4C(C)(F)F)CC3)c(=O)[nH]c2n1. The molecule has 0 unspecified atom stereocenters. The molecule has 1 saturated carbocycles. The van der Waals surface area contributed by atoms with E-state index in [0.29, 0.717) is 22.3 Å². The summed E-state index contributed by atoms with van der Waals surface area (Å²) < 4.78 is 27.9. The fourth-order valence-electron chi connectivity index (χ4n) is 4.23. The van der Waals surface area contributed by atoms with Crippen molar-refractivity contribution in [1.29, 1.82) is 0 Å². The molecule has 146 valence electrons. The molecule has 0 atom stereocenters. The first-order valence-corrected chi connectivity index (χ1v) is 9.51. The third kappa shape index (κ3) is 3.53. The Kier molecular flexibility index (Phi) is 4.69. The summed E-state index contributed by atoms with van der Waals surface area (Å²) in [5, 5.41) is 0. The minimum Gasteiger partial charge on any atom is -0.305 e. The Morgan fingerprint density at radius 2 is 1.79 bits per heavy atom. The molecule has 0 aliphatic heterocycles. The molecular weight excluding hydrogens is 362 g/mol. The van der Waals surface area contributed by atoms with Gasteiger partial charge < -0.3 is 4.98 Å². The zero-order valence-electron chi connectivity index (χ0n) is 15.9. The molecule has 4 rings (SSSR count). The van der Waals surface area contributed by atoms with Gasteiger partial charge in [-0.15, -0.1) is 0 Å². The van der Waals surface area contributed by atoms with Crippen LogP contribution < -0.4 is 5.56 Å². The predicted molar refractivity (Wildman–Crippen MR) is 103 cm³/mol. The molecule has 3 heterocycles. The third-order valence-electron chi connectivity index (χ3n) is 5.64. The zero-order chi connectivity index (χ0) is 19.9. The highest BCUT2D eigenvalue weighted by Gasteiger charge is 2.33. The lowest BCUT2D eigenvalue weighted by molar-refractivity contribution is 0.0158. The van der Waals surface area contributed by atoms with Crippen LogP contribution in [0, 0.1) is 6.92 Å². The Labute approximate surface area is 161 Å². The van der Waals surface area contributed by atoms with E-state index in [-0.39, 0.29) is 23.0 Å². The van der Waals surface area contributed by atoms with Crippen LogP contribution in [-0.2, 0) is 5.92 Å². The number of nitrogens with one attached hydrogen (secondary N) is 1. The molecule has 0 aromatic carbocycles. The van der Waals surface area contributed by atoms with E-state index < -0.39 is 5.92 Å². The average molecular weight is 384 g/mol. The van der Waals surface area contributed by atoms with Crippen LogP contribution in [0.5, 0.6) is 0 Å². The van der Waals surface area contributed by atoms with Gasteiger partial charge in [0, 0.05) is 36.6 Å². The van der Waals surface area contributed by atoms with Gasteiger partial charge in [0.15, 0.2) is 5.65 Å². The summed E-state index contributed by atoms with van der Waals surface area (Å²) >= 11 is 0. The summed E-state index contributed by atoms with van der Waals surface area (Å²) in [6, 6.07) is 3.23. The molecule has 0 amide bonds. The second kappa shape index (κ2) is 7.04. The fourth-order valence-corrected chi connectivity index (χ4v) is 4.23. The zero-order valence-corrected chi connectivity index (χ0v) is 15.9. The number of nitrogens with zero attached hydrogens (tertiary/aromatic N) is 3. The van der Waals surface area contributed by atoms with Gasteiger partial charge in [-0.05, 0) is 62.1 Å². The molecule has 28 heavy (non-hydrogen) atoms. The maximum Gasteiger partial charge on any atom is 0.270 e. The first-order valence-electron chi connectivity index (χ1n) is 9.51. The molecule has 1 N–H and O–H groups in total. The molecule has 0 bridgehead atoms. The number of H-pyrrole nitrogens is 1. The number of pyridine rings is 2. The van der Waals surface area contributed by atoms with Crippen molar-refractivity contribution in [2.24, 2.45) is 0 Å². The first-order chi connectivity index (χ1) is 13.3. The van der Waals surface area contributed by atoms with Gasteiger partial charge in [0.2, 0.25) is 0 Å². The van der Waals surface area contributed by atoms with E-state index in [4.69, 9.17) is 0 Å². The molecule has 0 saturated heterocycles. The molecule has 1 aliphatic carbocycles. The number of alkyl halides is 2. The highest BCUT2D eigenvalue weighted by Crippen LogP contribution is 2.43. The van der Waals surface area contributed by atoms with Crippen molar-refractivity contribution >= 4 is 11.2 Å². The molecule has 5 nitrogen and oxygen atoms in total. The monoisotopic (exact) mass is 384 g/mol. The van der Waals surface area contributed by atoms with Crippen molar-refractivity contribution in [3.8, 4) is 0 Å². The van der Waals surface area contributed by atoms with Gasteiger partial charge in [0.05, 0.1) is 5.69 Å². The van der Waals surface area contributed by atoms with E-state index in [2.05, 4.69) is 19.9 Å². The second-order valence-corrected chi connectivity index (χ2v) is 7.70. The Hall–Kier alpha value is -2.70. The van der Waals surface area contributed by atoms with E-state index in [1.807, 2.05) is 13.0 Å². The third-order valence-corrected chi connectivity index (χ3v) is 5.64.